The number of benzene rings is 1. The molecule has 0 amide bonds. The van der Waals surface area contributed by atoms with E-state index in [1.165, 1.54) is 16.6 Å². The molecule has 112 valence electrons. The van der Waals surface area contributed by atoms with Crippen LogP contribution in [0.4, 0.5) is 5.69 Å². The van der Waals surface area contributed by atoms with Crippen molar-refractivity contribution in [1.29, 1.82) is 0 Å². The fraction of sp³-hybridized carbons (Fsp3) is 0.214. The summed E-state index contributed by atoms with van der Waals surface area (Å²) in [7, 11) is -3.74. The third-order valence-corrected chi connectivity index (χ3v) is 5.57. The fourth-order valence-electron chi connectivity index (χ4n) is 1.99. The van der Waals surface area contributed by atoms with Crippen molar-refractivity contribution >= 4 is 38.9 Å². The zero-order valence-electron chi connectivity index (χ0n) is 11.5. The van der Waals surface area contributed by atoms with E-state index in [0.717, 1.165) is 5.56 Å². The highest BCUT2D eigenvalue weighted by Gasteiger charge is 2.25. The molecule has 2 aromatic rings. The van der Waals surface area contributed by atoms with Crippen LogP contribution in [-0.4, -0.2) is 19.9 Å². The Labute approximate surface area is 134 Å². The molecule has 1 aromatic carbocycles. The summed E-state index contributed by atoms with van der Waals surface area (Å²) in [6, 6.07) is 8.60. The van der Waals surface area contributed by atoms with Crippen molar-refractivity contribution in [3.63, 3.8) is 0 Å². The minimum atomic E-state index is -3.74. The summed E-state index contributed by atoms with van der Waals surface area (Å²) in [4.78, 5) is 3.82. The highest BCUT2D eigenvalue weighted by atomic mass is 35.5. The van der Waals surface area contributed by atoms with Crippen molar-refractivity contribution in [1.82, 2.24) is 4.98 Å². The Balaban J connectivity index is 2.55. The summed E-state index contributed by atoms with van der Waals surface area (Å²) in [5, 5.41) is 0.188. The lowest BCUT2D eigenvalue weighted by Crippen LogP contribution is -2.31. The molecule has 1 heterocycles. The molecule has 0 N–H and O–H groups in total. The molecule has 21 heavy (non-hydrogen) atoms. The number of para-hydroxylation sites is 1. The molecule has 0 fully saturated rings. The van der Waals surface area contributed by atoms with E-state index < -0.39 is 10.0 Å². The van der Waals surface area contributed by atoms with Crippen molar-refractivity contribution in [2.75, 3.05) is 10.8 Å². The highest BCUT2D eigenvalue weighted by molar-refractivity contribution is 7.92. The van der Waals surface area contributed by atoms with E-state index in [0.29, 0.717) is 12.2 Å². The van der Waals surface area contributed by atoms with Crippen molar-refractivity contribution in [2.45, 2.75) is 18.7 Å². The smallest absolute Gasteiger partial charge is 0.265 e. The van der Waals surface area contributed by atoms with Gasteiger partial charge in [-0.2, -0.15) is 0 Å². The lowest BCUT2D eigenvalue weighted by molar-refractivity contribution is 0.591. The molecule has 0 aliphatic heterocycles. The average Bonchev–Trinajstić information content (AvgIpc) is 2.44. The molecule has 0 atom stereocenters. The van der Waals surface area contributed by atoms with Crippen LogP contribution in [0.5, 0.6) is 0 Å². The molecule has 7 heteroatoms. The highest BCUT2D eigenvalue weighted by Crippen LogP contribution is 2.28. The number of aromatic nitrogens is 1. The third-order valence-electron chi connectivity index (χ3n) is 3.03. The van der Waals surface area contributed by atoms with E-state index in [1.54, 1.807) is 19.1 Å². The largest absolute Gasteiger partial charge is 0.266 e. The molecule has 2 rings (SSSR count). The van der Waals surface area contributed by atoms with E-state index in [1.807, 2.05) is 19.1 Å². The first-order chi connectivity index (χ1) is 9.87. The fourth-order valence-corrected chi connectivity index (χ4v) is 3.83. The summed E-state index contributed by atoms with van der Waals surface area (Å²) < 4.78 is 26.9. The van der Waals surface area contributed by atoms with Gasteiger partial charge >= 0.3 is 0 Å². The summed E-state index contributed by atoms with van der Waals surface area (Å²) in [5.41, 5.74) is 1.50. The van der Waals surface area contributed by atoms with E-state index in [2.05, 4.69) is 4.98 Å². The van der Waals surface area contributed by atoms with Gasteiger partial charge in [0.25, 0.3) is 10.0 Å². The molecule has 0 aliphatic rings. The topological polar surface area (TPSA) is 50.3 Å². The first-order valence-corrected chi connectivity index (χ1v) is 8.47. The van der Waals surface area contributed by atoms with Gasteiger partial charge in [0.05, 0.1) is 10.7 Å². The van der Waals surface area contributed by atoms with Gasteiger partial charge in [0.2, 0.25) is 0 Å². The third kappa shape index (κ3) is 3.15. The SMILES string of the molecule is CCN(c1ccccc1C)S(=O)(=O)c1cnc(Cl)c(Cl)c1. The second kappa shape index (κ2) is 6.22. The standard InChI is InChI=1S/C14H14Cl2N2O2S/c1-3-18(13-7-5-4-6-10(13)2)21(19,20)11-8-12(15)14(16)17-9-11/h4-9H,3H2,1-2H3. The Kier molecular flexibility index (Phi) is 4.76. The van der Waals surface area contributed by atoms with E-state index >= 15 is 0 Å². The van der Waals surface area contributed by atoms with Crippen LogP contribution in [0.25, 0.3) is 0 Å². The second-order valence-electron chi connectivity index (χ2n) is 4.40. The number of anilines is 1. The maximum Gasteiger partial charge on any atom is 0.265 e. The Morgan fingerprint density at radius 3 is 2.48 bits per heavy atom. The van der Waals surface area contributed by atoms with Crippen LogP contribution in [0.15, 0.2) is 41.4 Å². The molecular formula is C14H14Cl2N2O2S. The lowest BCUT2D eigenvalue weighted by atomic mass is 10.2. The summed E-state index contributed by atoms with van der Waals surface area (Å²) in [6.07, 6.45) is 1.21. The lowest BCUT2D eigenvalue weighted by Gasteiger charge is -2.24. The van der Waals surface area contributed by atoms with Gasteiger partial charge in [-0.05, 0) is 31.5 Å². The zero-order valence-corrected chi connectivity index (χ0v) is 13.9. The van der Waals surface area contributed by atoms with Crippen LogP contribution in [0.3, 0.4) is 0 Å². The predicted octanol–water partition coefficient (Wildman–Crippen LogP) is 3.91. The Morgan fingerprint density at radius 2 is 1.90 bits per heavy atom. The average molecular weight is 345 g/mol. The molecule has 0 radical (unpaired) electrons. The van der Waals surface area contributed by atoms with Crippen LogP contribution >= 0.6 is 23.2 Å². The summed E-state index contributed by atoms with van der Waals surface area (Å²) in [6.45, 7) is 3.93. The quantitative estimate of drug-likeness (QED) is 0.790. The number of halogens is 2. The molecule has 1 aromatic heterocycles. The number of nitrogens with zero attached hydrogens (tertiary/aromatic N) is 2. The van der Waals surface area contributed by atoms with Crippen molar-refractivity contribution < 1.29 is 8.42 Å². The second-order valence-corrected chi connectivity index (χ2v) is 7.03. The molecule has 0 aliphatic carbocycles. The van der Waals surface area contributed by atoms with Crippen LogP contribution in [0.1, 0.15) is 12.5 Å². The van der Waals surface area contributed by atoms with Crippen molar-refractivity contribution in [3.05, 3.63) is 52.3 Å². The normalized spacial score (nSPS) is 11.4. The van der Waals surface area contributed by atoms with Gasteiger partial charge in [0.15, 0.2) is 0 Å². The molecular weight excluding hydrogens is 331 g/mol. The van der Waals surface area contributed by atoms with Crippen LogP contribution in [-0.2, 0) is 10.0 Å². The van der Waals surface area contributed by atoms with Gasteiger partial charge in [0, 0.05) is 12.7 Å². The van der Waals surface area contributed by atoms with E-state index in [-0.39, 0.29) is 15.1 Å². The Morgan fingerprint density at radius 1 is 1.24 bits per heavy atom. The van der Waals surface area contributed by atoms with Gasteiger partial charge in [-0.1, -0.05) is 41.4 Å². The number of aryl methyl sites for hydroxylation is 1. The number of hydrogen-bond acceptors (Lipinski definition) is 3. The van der Waals surface area contributed by atoms with Gasteiger partial charge in [-0.3, -0.25) is 4.31 Å². The number of pyridine rings is 1. The molecule has 0 unspecified atom stereocenters. The van der Waals surface area contributed by atoms with Gasteiger partial charge in [0.1, 0.15) is 10.0 Å². The maximum absolute atomic E-state index is 12.8. The van der Waals surface area contributed by atoms with E-state index in [9.17, 15) is 8.42 Å². The number of rotatable bonds is 4. The molecule has 0 bridgehead atoms. The predicted molar refractivity (Wildman–Crippen MR) is 85.6 cm³/mol. The molecule has 4 nitrogen and oxygen atoms in total. The summed E-state index contributed by atoms with van der Waals surface area (Å²) in [5.74, 6) is 0. The monoisotopic (exact) mass is 344 g/mol. The number of sulfonamides is 1. The Hall–Kier alpha value is -1.30. The first-order valence-electron chi connectivity index (χ1n) is 6.27. The van der Waals surface area contributed by atoms with Crippen molar-refractivity contribution in [3.8, 4) is 0 Å². The molecule has 0 saturated heterocycles. The number of hydrogen-bond donors (Lipinski definition) is 0. The molecule has 0 saturated carbocycles. The zero-order chi connectivity index (χ0) is 15.6. The van der Waals surface area contributed by atoms with Crippen molar-refractivity contribution in [2.24, 2.45) is 0 Å². The van der Waals surface area contributed by atoms with Crippen LogP contribution in [0.2, 0.25) is 10.2 Å². The van der Waals surface area contributed by atoms with Gasteiger partial charge in [-0.15, -0.1) is 0 Å². The summed E-state index contributed by atoms with van der Waals surface area (Å²) >= 11 is 11.6. The minimum Gasteiger partial charge on any atom is -0.266 e. The maximum atomic E-state index is 12.8. The first kappa shape index (κ1) is 16.1. The van der Waals surface area contributed by atoms with Gasteiger partial charge < -0.3 is 0 Å². The Bertz CT molecular complexity index is 763. The van der Waals surface area contributed by atoms with E-state index in [4.69, 9.17) is 23.2 Å². The molecule has 0 spiro atoms. The van der Waals surface area contributed by atoms with Crippen LogP contribution in [0, 0.1) is 6.92 Å². The van der Waals surface area contributed by atoms with Crippen LogP contribution < -0.4 is 4.31 Å². The van der Waals surface area contributed by atoms with Gasteiger partial charge in [-0.25, -0.2) is 13.4 Å². The minimum absolute atomic E-state index is 0.0157.